The van der Waals surface area contributed by atoms with Crippen LogP contribution < -0.4 is 5.32 Å². The van der Waals surface area contributed by atoms with Crippen LogP contribution in [0.25, 0.3) is 0 Å². The summed E-state index contributed by atoms with van der Waals surface area (Å²) in [6.45, 7) is 9.47. The molecule has 5 heteroatoms. The van der Waals surface area contributed by atoms with Crippen molar-refractivity contribution in [3.8, 4) is 0 Å². The van der Waals surface area contributed by atoms with Crippen molar-refractivity contribution in [1.29, 1.82) is 0 Å². The molecule has 2 N–H and O–H groups in total. The maximum atomic E-state index is 12.5. The molecule has 0 spiro atoms. The van der Waals surface area contributed by atoms with Gasteiger partial charge in [-0.25, -0.2) is 0 Å². The molecule has 1 aliphatic heterocycles. The predicted octanol–water partition coefficient (Wildman–Crippen LogP) is 3.42. The Kier molecular flexibility index (Phi) is 4.71. The number of H-pyrrole nitrogens is 1. The van der Waals surface area contributed by atoms with Crippen LogP contribution in [0, 0.1) is 27.7 Å². The van der Waals surface area contributed by atoms with Crippen LogP contribution in [-0.2, 0) is 4.79 Å². The van der Waals surface area contributed by atoms with Gasteiger partial charge >= 0.3 is 0 Å². The van der Waals surface area contributed by atoms with Crippen molar-refractivity contribution < 1.29 is 4.79 Å². The molecule has 1 aliphatic rings. The number of aromatic amines is 1. The smallest absolute Gasteiger partial charge is 0.238 e. The average molecular weight is 326 g/mol. The highest BCUT2D eigenvalue weighted by molar-refractivity contribution is 5.93. The van der Waals surface area contributed by atoms with Crippen LogP contribution in [0.15, 0.2) is 18.2 Å². The van der Waals surface area contributed by atoms with Crippen molar-refractivity contribution in [2.75, 3.05) is 18.4 Å². The Morgan fingerprint density at radius 2 is 1.96 bits per heavy atom. The van der Waals surface area contributed by atoms with Crippen LogP contribution in [0.1, 0.15) is 47.0 Å². The third kappa shape index (κ3) is 3.51. The third-order valence-electron chi connectivity index (χ3n) is 4.73. The fourth-order valence-corrected chi connectivity index (χ4v) is 3.69. The first-order chi connectivity index (χ1) is 11.4. The second-order valence-electron chi connectivity index (χ2n) is 6.91. The largest absolute Gasteiger partial charge is 0.322 e. The molecule has 0 aliphatic carbocycles. The van der Waals surface area contributed by atoms with Crippen molar-refractivity contribution >= 4 is 11.6 Å². The van der Waals surface area contributed by atoms with Crippen LogP contribution in [0.2, 0.25) is 0 Å². The maximum absolute atomic E-state index is 12.5. The number of hydrogen-bond acceptors (Lipinski definition) is 3. The van der Waals surface area contributed by atoms with E-state index in [-0.39, 0.29) is 5.91 Å². The summed E-state index contributed by atoms with van der Waals surface area (Å²) >= 11 is 0. The highest BCUT2D eigenvalue weighted by atomic mass is 16.2. The molecular formula is C19H26N4O. The summed E-state index contributed by atoms with van der Waals surface area (Å²) in [5.74, 6) is 0.0267. The number of aromatic nitrogens is 2. The van der Waals surface area contributed by atoms with Gasteiger partial charge in [-0.2, -0.15) is 5.10 Å². The van der Waals surface area contributed by atoms with E-state index in [9.17, 15) is 4.79 Å². The number of benzene rings is 1. The number of aryl methyl sites for hydroxylation is 4. The standard InChI is InChI=1S/C19H26N4O/c1-12-8-13(2)10-16(9-12)17-6-5-7-23(17)11-18(24)20-19-14(3)21-22-15(19)4/h8-10,17H,5-7,11H2,1-4H3,(H,20,24)(H,21,22). The minimum Gasteiger partial charge on any atom is -0.322 e. The molecule has 24 heavy (non-hydrogen) atoms. The SMILES string of the molecule is Cc1cc(C)cc(C2CCCN2CC(=O)Nc2c(C)n[nH]c2C)c1. The number of carbonyl (C=O) groups excluding carboxylic acids is 1. The molecule has 5 nitrogen and oxygen atoms in total. The monoisotopic (exact) mass is 326 g/mol. The van der Waals surface area contributed by atoms with Gasteiger partial charge in [0.25, 0.3) is 0 Å². The van der Waals surface area contributed by atoms with E-state index in [0.717, 1.165) is 36.5 Å². The number of amides is 1. The number of nitrogens with one attached hydrogen (secondary N) is 2. The van der Waals surface area contributed by atoms with E-state index < -0.39 is 0 Å². The molecule has 1 aromatic heterocycles. The first-order valence-corrected chi connectivity index (χ1v) is 8.57. The molecule has 0 saturated carbocycles. The minimum atomic E-state index is 0.0267. The van der Waals surface area contributed by atoms with Crippen molar-refractivity contribution in [2.45, 2.75) is 46.6 Å². The molecular weight excluding hydrogens is 300 g/mol. The van der Waals surface area contributed by atoms with Crippen molar-refractivity contribution in [2.24, 2.45) is 0 Å². The number of likely N-dealkylation sites (tertiary alicyclic amines) is 1. The second-order valence-corrected chi connectivity index (χ2v) is 6.91. The van der Waals surface area contributed by atoms with Gasteiger partial charge in [0.15, 0.2) is 0 Å². The minimum absolute atomic E-state index is 0.0267. The molecule has 128 valence electrons. The molecule has 3 rings (SSSR count). The van der Waals surface area contributed by atoms with E-state index in [1.165, 1.54) is 16.7 Å². The zero-order valence-electron chi connectivity index (χ0n) is 14.9. The average Bonchev–Trinajstić information content (AvgIpc) is 3.08. The van der Waals surface area contributed by atoms with E-state index in [1.54, 1.807) is 0 Å². The zero-order valence-corrected chi connectivity index (χ0v) is 14.9. The predicted molar refractivity (Wildman–Crippen MR) is 96.2 cm³/mol. The van der Waals surface area contributed by atoms with Gasteiger partial charge in [-0.3, -0.25) is 14.8 Å². The zero-order chi connectivity index (χ0) is 17.3. The molecule has 1 fully saturated rings. The van der Waals surface area contributed by atoms with Crippen LogP contribution in [-0.4, -0.2) is 34.1 Å². The van der Waals surface area contributed by atoms with Crippen molar-refractivity contribution in [3.05, 3.63) is 46.3 Å². The Hall–Kier alpha value is -2.14. The lowest BCUT2D eigenvalue weighted by Crippen LogP contribution is -2.33. The van der Waals surface area contributed by atoms with E-state index in [4.69, 9.17) is 0 Å². The summed E-state index contributed by atoms with van der Waals surface area (Å²) in [6, 6.07) is 7.03. The number of nitrogens with zero attached hydrogens (tertiary/aromatic N) is 2. The molecule has 1 amide bonds. The molecule has 0 bridgehead atoms. The lowest BCUT2D eigenvalue weighted by atomic mass is 9.99. The Balaban J connectivity index is 1.70. The highest BCUT2D eigenvalue weighted by Gasteiger charge is 2.28. The molecule has 1 atom stereocenters. The summed E-state index contributed by atoms with van der Waals surface area (Å²) in [5, 5.41) is 10.0. The highest BCUT2D eigenvalue weighted by Crippen LogP contribution is 2.32. The van der Waals surface area contributed by atoms with Crippen LogP contribution in [0.3, 0.4) is 0 Å². The van der Waals surface area contributed by atoms with Gasteiger partial charge in [-0.05, 0) is 52.6 Å². The van der Waals surface area contributed by atoms with E-state index >= 15 is 0 Å². The molecule has 0 radical (unpaired) electrons. The summed E-state index contributed by atoms with van der Waals surface area (Å²) in [4.78, 5) is 14.8. The Bertz CT molecular complexity index is 710. The van der Waals surface area contributed by atoms with Gasteiger partial charge in [0.2, 0.25) is 5.91 Å². The third-order valence-corrected chi connectivity index (χ3v) is 4.73. The normalized spacial score (nSPS) is 18.1. The number of carbonyl (C=O) groups is 1. The van der Waals surface area contributed by atoms with Crippen molar-refractivity contribution in [1.82, 2.24) is 15.1 Å². The number of hydrogen-bond donors (Lipinski definition) is 2. The van der Waals surface area contributed by atoms with Gasteiger partial charge in [-0.15, -0.1) is 0 Å². The van der Waals surface area contributed by atoms with Crippen LogP contribution >= 0.6 is 0 Å². The Labute approximate surface area is 143 Å². The first kappa shape index (κ1) is 16.7. The number of anilines is 1. The molecule has 1 unspecified atom stereocenters. The Morgan fingerprint density at radius 1 is 1.25 bits per heavy atom. The summed E-state index contributed by atoms with van der Waals surface area (Å²) in [7, 11) is 0. The van der Waals surface area contributed by atoms with Crippen LogP contribution in [0.4, 0.5) is 5.69 Å². The van der Waals surface area contributed by atoms with E-state index in [1.807, 2.05) is 13.8 Å². The van der Waals surface area contributed by atoms with Gasteiger partial charge < -0.3 is 5.32 Å². The first-order valence-electron chi connectivity index (χ1n) is 8.57. The summed E-state index contributed by atoms with van der Waals surface area (Å²) < 4.78 is 0. The lowest BCUT2D eigenvalue weighted by molar-refractivity contribution is -0.117. The fraction of sp³-hybridized carbons (Fsp3) is 0.474. The van der Waals surface area contributed by atoms with Gasteiger partial charge in [0.05, 0.1) is 23.6 Å². The summed E-state index contributed by atoms with van der Waals surface area (Å²) in [5.41, 5.74) is 6.42. The maximum Gasteiger partial charge on any atom is 0.238 e. The fourth-order valence-electron chi connectivity index (χ4n) is 3.69. The van der Waals surface area contributed by atoms with Crippen molar-refractivity contribution in [3.63, 3.8) is 0 Å². The quantitative estimate of drug-likeness (QED) is 0.905. The second kappa shape index (κ2) is 6.77. The van der Waals surface area contributed by atoms with Crippen LogP contribution in [0.5, 0.6) is 0 Å². The van der Waals surface area contributed by atoms with Gasteiger partial charge in [0, 0.05) is 6.04 Å². The van der Waals surface area contributed by atoms with Gasteiger partial charge in [0.1, 0.15) is 0 Å². The molecule has 2 aromatic rings. The Morgan fingerprint density at radius 3 is 2.58 bits per heavy atom. The molecule has 1 aromatic carbocycles. The van der Waals surface area contributed by atoms with E-state index in [0.29, 0.717) is 12.6 Å². The molecule has 2 heterocycles. The van der Waals surface area contributed by atoms with Gasteiger partial charge in [-0.1, -0.05) is 29.3 Å². The summed E-state index contributed by atoms with van der Waals surface area (Å²) in [6.07, 6.45) is 2.24. The number of rotatable bonds is 4. The molecule has 1 saturated heterocycles. The topological polar surface area (TPSA) is 61.0 Å². The van der Waals surface area contributed by atoms with E-state index in [2.05, 4.69) is 52.5 Å². The lowest BCUT2D eigenvalue weighted by Gasteiger charge is -2.25.